The number of guanidine groups is 1. The van der Waals surface area contributed by atoms with Gasteiger partial charge in [0, 0.05) is 38.2 Å². The molecule has 7 nitrogen and oxygen atoms in total. The van der Waals surface area contributed by atoms with Crippen LogP contribution in [-0.2, 0) is 16.0 Å². The van der Waals surface area contributed by atoms with E-state index < -0.39 is 0 Å². The Balaban J connectivity index is 1.58. The van der Waals surface area contributed by atoms with Crippen molar-refractivity contribution in [3.05, 3.63) is 52.2 Å². The van der Waals surface area contributed by atoms with Crippen molar-refractivity contribution in [3.8, 4) is 5.75 Å². The smallest absolute Gasteiger partial charge is 0.191 e. The first-order chi connectivity index (χ1) is 15.3. The molecule has 1 atom stereocenters. The topological polar surface area (TPSA) is 67.4 Å². The molecule has 1 aliphatic heterocycles. The lowest BCUT2D eigenvalue weighted by atomic mass is 10.2. The summed E-state index contributed by atoms with van der Waals surface area (Å²) in [7, 11) is 1.67. The Bertz CT molecular complexity index is 762. The van der Waals surface area contributed by atoms with Gasteiger partial charge >= 0.3 is 0 Å². The van der Waals surface area contributed by atoms with Gasteiger partial charge in [0.05, 0.1) is 32.4 Å². The van der Waals surface area contributed by atoms with Gasteiger partial charge in [0.2, 0.25) is 0 Å². The van der Waals surface area contributed by atoms with Crippen LogP contribution in [0.15, 0.2) is 46.8 Å². The summed E-state index contributed by atoms with van der Waals surface area (Å²) in [6.45, 7) is 8.95. The number of nitrogens with zero attached hydrogens (tertiary/aromatic N) is 2. The molecule has 31 heavy (non-hydrogen) atoms. The van der Waals surface area contributed by atoms with E-state index in [1.807, 2.05) is 12.1 Å². The highest BCUT2D eigenvalue weighted by molar-refractivity contribution is 7.10. The maximum absolute atomic E-state index is 5.63. The number of hydrogen-bond acceptors (Lipinski definition) is 6. The molecule has 2 heterocycles. The lowest BCUT2D eigenvalue weighted by Gasteiger charge is -2.34. The number of benzene rings is 1. The van der Waals surface area contributed by atoms with E-state index in [4.69, 9.17) is 19.2 Å². The number of aliphatic imine (C=N–C) groups is 1. The lowest BCUT2D eigenvalue weighted by Crippen LogP contribution is -2.46. The molecule has 0 spiro atoms. The molecule has 1 saturated heterocycles. The molecule has 2 N–H and O–H groups in total. The average Bonchev–Trinajstić information content (AvgIpc) is 3.34. The van der Waals surface area contributed by atoms with Crippen LogP contribution in [0.2, 0.25) is 0 Å². The zero-order valence-corrected chi connectivity index (χ0v) is 19.3. The third-order valence-electron chi connectivity index (χ3n) is 5.06. The van der Waals surface area contributed by atoms with Crippen molar-refractivity contribution in [1.29, 1.82) is 0 Å². The monoisotopic (exact) mass is 446 g/mol. The second-order valence-electron chi connectivity index (χ2n) is 7.24. The first-order valence-electron chi connectivity index (χ1n) is 10.9. The van der Waals surface area contributed by atoms with E-state index in [0.29, 0.717) is 25.8 Å². The van der Waals surface area contributed by atoms with E-state index in [0.717, 1.165) is 56.7 Å². The fourth-order valence-corrected chi connectivity index (χ4v) is 4.28. The van der Waals surface area contributed by atoms with Crippen molar-refractivity contribution in [3.63, 3.8) is 0 Å². The van der Waals surface area contributed by atoms with Gasteiger partial charge < -0.3 is 24.8 Å². The third kappa shape index (κ3) is 7.81. The summed E-state index contributed by atoms with van der Waals surface area (Å²) in [4.78, 5) is 8.65. The molecular weight excluding hydrogens is 412 g/mol. The van der Waals surface area contributed by atoms with Gasteiger partial charge in [-0.1, -0.05) is 18.2 Å². The Morgan fingerprint density at radius 3 is 2.65 bits per heavy atom. The third-order valence-corrected chi connectivity index (χ3v) is 6.04. The van der Waals surface area contributed by atoms with Crippen molar-refractivity contribution in [1.82, 2.24) is 15.5 Å². The molecule has 0 saturated carbocycles. The molecule has 1 aromatic carbocycles. The van der Waals surface area contributed by atoms with Gasteiger partial charge in [-0.2, -0.15) is 0 Å². The summed E-state index contributed by atoms with van der Waals surface area (Å²) in [5, 5.41) is 9.05. The molecule has 2 aromatic rings. The van der Waals surface area contributed by atoms with E-state index >= 15 is 0 Å². The number of thiophene rings is 1. The highest BCUT2D eigenvalue weighted by Gasteiger charge is 2.23. The first kappa shape index (κ1) is 23.5. The van der Waals surface area contributed by atoms with Crippen LogP contribution in [0.25, 0.3) is 0 Å². The Morgan fingerprint density at radius 1 is 1.16 bits per heavy atom. The molecule has 0 aliphatic carbocycles. The SMILES string of the molecule is CCNC(=NCc1ccc(OCCOC)cc1)NCC(c1cccs1)N1CCOCC1. The zero-order chi connectivity index (χ0) is 21.7. The fraction of sp³-hybridized carbons (Fsp3) is 0.522. The van der Waals surface area contributed by atoms with Crippen molar-refractivity contribution in [2.75, 3.05) is 59.7 Å². The molecule has 1 aliphatic rings. The van der Waals surface area contributed by atoms with Gasteiger partial charge in [0.25, 0.3) is 0 Å². The number of methoxy groups -OCH3 is 1. The molecule has 1 unspecified atom stereocenters. The number of ether oxygens (including phenoxy) is 3. The molecule has 8 heteroatoms. The van der Waals surface area contributed by atoms with E-state index in [9.17, 15) is 0 Å². The van der Waals surface area contributed by atoms with Gasteiger partial charge in [-0.05, 0) is 36.1 Å². The second-order valence-corrected chi connectivity index (χ2v) is 8.22. The summed E-state index contributed by atoms with van der Waals surface area (Å²) in [5.74, 6) is 1.68. The second kappa shape index (κ2) is 13.3. The normalized spacial score (nSPS) is 16.1. The van der Waals surface area contributed by atoms with Crippen LogP contribution in [0.3, 0.4) is 0 Å². The minimum Gasteiger partial charge on any atom is -0.491 e. The summed E-state index contributed by atoms with van der Waals surface area (Å²) in [5.41, 5.74) is 1.14. The molecule has 3 rings (SSSR count). The van der Waals surface area contributed by atoms with Gasteiger partial charge in [-0.25, -0.2) is 4.99 Å². The summed E-state index contributed by atoms with van der Waals surface area (Å²) >= 11 is 1.81. The standard InChI is InChI=1S/C23H34N4O3S/c1-3-24-23(25-17-19-6-8-20(9-7-19)30-15-14-28-2)26-18-21(22-5-4-16-31-22)27-10-12-29-13-11-27/h4-9,16,21H,3,10-15,17-18H2,1-2H3,(H2,24,25,26). The van der Waals surface area contributed by atoms with Crippen molar-refractivity contribution in [2.45, 2.75) is 19.5 Å². The van der Waals surface area contributed by atoms with Crippen LogP contribution in [0.5, 0.6) is 5.75 Å². The maximum atomic E-state index is 5.63. The van der Waals surface area contributed by atoms with Gasteiger partial charge in [0.15, 0.2) is 5.96 Å². The highest BCUT2D eigenvalue weighted by Crippen LogP contribution is 2.25. The van der Waals surface area contributed by atoms with E-state index in [2.05, 4.69) is 52.1 Å². The lowest BCUT2D eigenvalue weighted by molar-refractivity contribution is 0.0177. The van der Waals surface area contributed by atoms with Crippen LogP contribution in [0.1, 0.15) is 23.4 Å². The first-order valence-corrected chi connectivity index (χ1v) is 11.8. The van der Waals surface area contributed by atoms with Gasteiger partial charge in [0.1, 0.15) is 12.4 Å². The van der Waals surface area contributed by atoms with E-state index in [1.165, 1.54) is 4.88 Å². The van der Waals surface area contributed by atoms with Crippen molar-refractivity contribution in [2.24, 2.45) is 4.99 Å². The molecule has 0 amide bonds. The fourth-order valence-electron chi connectivity index (χ4n) is 3.42. The largest absolute Gasteiger partial charge is 0.491 e. The molecule has 0 bridgehead atoms. The van der Waals surface area contributed by atoms with Crippen molar-refractivity contribution >= 4 is 17.3 Å². The number of nitrogens with one attached hydrogen (secondary N) is 2. The Kier molecular flexibility index (Phi) is 10.1. The molecule has 170 valence electrons. The van der Waals surface area contributed by atoms with Crippen LogP contribution in [0.4, 0.5) is 0 Å². The number of hydrogen-bond donors (Lipinski definition) is 2. The highest BCUT2D eigenvalue weighted by atomic mass is 32.1. The minimum absolute atomic E-state index is 0.316. The predicted octanol–water partition coefficient (Wildman–Crippen LogP) is 2.90. The minimum atomic E-state index is 0.316. The molecule has 1 fully saturated rings. The predicted molar refractivity (Wildman–Crippen MR) is 126 cm³/mol. The van der Waals surface area contributed by atoms with Crippen LogP contribution in [-0.4, -0.2) is 70.6 Å². The molecule has 0 radical (unpaired) electrons. The van der Waals surface area contributed by atoms with Gasteiger partial charge in [-0.15, -0.1) is 11.3 Å². The molecular formula is C23H34N4O3S. The number of rotatable bonds is 11. The van der Waals surface area contributed by atoms with Crippen LogP contribution in [0, 0.1) is 0 Å². The zero-order valence-electron chi connectivity index (χ0n) is 18.5. The van der Waals surface area contributed by atoms with Crippen LogP contribution >= 0.6 is 11.3 Å². The Labute approximate surface area is 189 Å². The van der Waals surface area contributed by atoms with E-state index in [1.54, 1.807) is 18.4 Å². The van der Waals surface area contributed by atoms with Crippen molar-refractivity contribution < 1.29 is 14.2 Å². The molecule has 1 aromatic heterocycles. The average molecular weight is 447 g/mol. The summed E-state index contributed by atoms with van der Waals surface area (Å²) < 4.78 is 16.2. The summed E-state index contributed by atoms with van der Waals surface area (Å²) in [6, 6.07) is 12.7. The quantitative estimate of drug-likeness (QED) is 0.314. The maximum Gasteiger partial charge on any atom is 0.191 e. The Morgan fingerprint density at radius 2 is 1.97 bits per heavy atom. The van der Waals surface area contributed by atoms with Crippen LogP contribution < -0.4 is 15.4 Å². The van der Waals surface area contributed by atoms with E-state index in [-0.39, 0.29) is 0 Å². The van der Waals surface area contributed by atoms with Gasteiger partial charge in [-0.3, -0.25) is 4.90 Å². The Hall–Kier alpha value is -2.13. The number of morpholine rings is 1. The summed E-state index contributed by atoms with van der Waals surface area (Å²) in [6.07, 6.45) is 0.